The molecule has 1 saturated carbocycles. The van der Waals surface area contributed by atoms with Gasteiger partial charge in [0.05, 0.1) is 31.4 Å². The Labute approximate surface area is 200 Å². The van der Waals surface area contributed by atoms with E-state index in [1.807, 2.05) is 0 Å². The number of rotatable bonds is 5. The number of benzene rings is 1. The van der Waals surface area contributed by atoms with E-state index in [-0.39, 0.29) is 72.7 Å². The molecule has 1 aliphatic carbocycles. The first-order valence-corrected chi connectivity index (χ1v) is 12.0. The van der Waals surface area contributed by atoms with Crippen LogP contribution in [0.25, 0.3) is 0 Å². The Morgan fingerprint density at radius 2 is 1.91 bits per heavy atom. The van der Waals surface area contributed by atoms with Crippen molar-refractivity contribution in [2.24, 2.45) is 17.8 Å². The fourth-order valence-electron chi connectivity index (χ4n) is 8.54. The largest absolute Gasteiger partial charge is 0.469 e. The van der Waals surface area contributed by atoms with Crippen LogP contribution in [0.4, 0.5) is 5.69 Å². The monoisotopic (exact) mass is 476 g/mol. The number of anilines is 1. The molecule has 5 heterocycles. The van der Waals surface area contributed by atoms with Gasteiger partial charge >= 0.3 is 11.9 Å². The van der Waals surface area contributed by atoms with Gasteiger partial charge in [-0.15, -0.1) is 12.4 Å². The fourth-order valence-corrected chi connectivity index (χ4v) is 8.54. The van der Waals surface area contributed by atoms with E-state index in [4.69, 9.17) is 9.47 Å². The van der Waals surface area contributed by atoms with Gasteiger partial charge in [0.15, 0.2) is 0 Å². The Hall–Kier alpha value is -1.83. The first-order chi connectivity index (χ1) is 15.4. The molecule has 5 fully saturated rings. The number of hydrogen-bond acceptors (Lipinski definition) is 7. The molecule has 4 saturated heterocycles. The quantitative estimate of drug-likeness (QED) is 0.654. The van der Waals surface area contributed by atoms with Crippen molar-refractivity contribution in [1.29, 1.82) is 0 Å². The van der Waals surface area contributed by atoms with Gasteiger partial charge in [-0.25, -0.2) is 0 Å². The lowest BCUT2D eigenvalue weighted by atomic mass is 9.62. The van der Waals surface area contributed by atoms with Gasteiger partial charge in [0.25, 0.3) is 0 Å². The molecule has 6 aliphatic rings. The minimum atomic E-state index is -0.422. The smallest absolute Gasteiger partial charge is 0.306 e. The SMILES string of the molecule is CC[C@H]1C2C[C@H]3[C@@H]4N(C)c5ccccc5C45C[C@@H](C2[C@H]5OC(=O)CCC(=O)OC)N3[C@@H]1O.Cl. The number of methoxy groups -OCH3 is 1. The van der Waals surface area contributed by atoms with E-state index in [2.05, 4.69) is 48.0 Å². The van der Waals surface area contributed by atoms with Crippen molar-refractivity contribution in [1.82, 2.24) is 4.90 Å². The van der Waals surface area contributed by atoms with Crippen molar-refractivity contribution in [3.8, 4) is 0 Å². The second-order valence-electron chi connectivity index (χ2n) is 10.3. The van der Waals surface area contributed by atoms with Crippen molar-refractivity contribution in [2.75, 3.05) is 19.1 Å². The standard InChI is InChI=1S/C25H32N2O5.ClH/c1-4-13-14-11-17-22-25(15-7-5-6-8-16(15)26(22)2)12-18(27(17)24(13)30)21(14)23(25)32-20(29)10-9-19(28)31-3;/h5-8,13-14,17-18,21-24,30H,4,9-12H2,1-3H3;1H/t13-,14?,17-,18-,21?,22-,23+,24+,25?;/m0./s1. The summed E-state index contributed by atoms with van der Waals surface area (Å²) in [4.78, 5) is 29.3. The average Bonchev–Trinajstić information content (AvgIpc) is 3.19. The third-order valence-electron chi connectivity index (χ3n) is 9.45. The number of halogens is 1. The molecule has 1 aromatic rings. The predicted octanol–water partition coefficient (Wildman–Crippen LogP) is 2.48. The molecule has 0 amide bonds. The third-order valence-corrected chi connectivity index (χ3v) is 9.45. The number of ether oxygens (including phenoxy) is 2. The number of piperidine rings is 4. The number of esters is 2. The minimum Gasteiger partial charge on any atom is -0.469 e. The van der Waals surface area contributed by atoms with Gasteiger partial charge in [0.1, 0.15) is 12.3 Å². The molecule has 7 rings (SSSR count). The molecule has 5 aliphatic heterocycles. The highest BCUT2D eigenvalue weighted by molar-refractivity contribution is 5.85. The Balaban J connectivity index is 0.00000228. The Morgan fingerprint density at radius 3 is 2.64 bits per heavy atom. The molecule has 10 atom stereocenters. The van der Waals surface area contributed by atoms with Gasteiger partial charge < -0.3 is 19.5 Å². The van der Waals surface area contributed by atoms with Gasteiger partial charge in [-0.2, -0.15) is 0 Å². The van der Waals surface area contributed by atoms with Gasteiger partial charge in [-0.05, 0) is 36.8 Å². The van der Waals surface area contributed by atoms with Crippen LogP contribution in [-0.4, -0.2) is 66.6 Å². The van der Waals surface area contributed by atoms with Crippen LogP contribution < -0.4 is 4.90 Å². The van der Waals surface area contributed by atoms with Crippen molar-refractivity contribution in [3.05, 3.63) is 29.8 Å². The first-order valence-electron chi connectivity index (χ1n) is 12.0. The highest BCUT2D eigenvalue weighted by atomic mass is 35.5. The zero-order valence-corrected chi connectivity index (χ0v) is 20.2. The number of aliphatic hydroxyl groups is 1. The van der Waals surface area contributed by atoms with E-state index in [1.165, 1.54) is 18.4 Å². The van der Waals surface area contributed by atoms with Crippen LogP contribution in [0.15, 0.2) is 24.3 Å². The van der Waals surface area contributed by atoms with E-state index >= 15 is 0 Å². The maximum absolute atomic E-state index is 13.0. The fraction of sp³-hybridized carbons (Fsp3) is 0.680. The van der Waals surface area contributed by atoms with Crippen molar-refractivity contribution in [2.45, 2.75) is 74.9 Å². The van der Waals surface area contributed by atoms with E-state index in [0.717, 1.165) is 19.3 Å². The minimum absolute atomic E-state index is 0. The zero-order valence-electron chi connectivity index (χ0n) is 19.3. The van der Waals surface area contributed by atoms with Crippen molar-refractivity contribution >= 4 is 30.0 Å². The molecule has 7 nitrogen and oxygen atoms in total. The summed E-state index contributed by atoms with van der Waals surface area (Å²) in [6.45, 7) is 2.15. The van der Waals surface area contributed by atoms with Crippen LogP contribution >= 0.6 is 12.4 Å². The van der Waals surface area contributed by atoms with Gasteiger partial charge in [-0.3, -0.25) is 14.5 Å². The summed E-state index contributed by atoms with van der Waals surface area (Å²) in [6.07, 6.45) is 2.28. The summed E-state index contributed by atoms with van der Waals surface area (Å²) in [7, 11) is 3.49. The second kappa shape index (κ2) is 7.85. The zero-order chi connectivity index (χ0) is 22.4. The third kappa shape index (κ3) is 2.76. The summed E-state index contributed by atoms with van der Waals surface area (Å²) >= 11 is 0. The highest BCUT2D eigenvalue weighted by Crippen LogP contribution is 2.69. The second-order valence-corrected chi connectivity index (χ2v) is 10.3. The Kier molecular flexibility index (Phi) is 5.46. The molecule has 1 aromatic carbocycles. The summed E-state index contributed by atoms with van der Waals surface area (Å²) in [5.74, 6) is 0.0499. The molecule has 1 N–H and O–H groups in total. The molecule has 33 heavy (non-hydrogen) atoms. The van der Waals surface area contributed by atoms with E-state index < -0.39 is 12.2 Å². The highest BCUT2D eigenvalue weighted by Gasteiger charge is 2.77. The molecule has 5 bridgehead atoms. The predicted molar refractivity (Wildman–Crippen MR) is 124 cm³/mol. The van der Waals surface area contributed by atoms with E-state index in [0.29, 0.717) is 5.92 Å². The molecule has 8 heteroatoms. The lowest BCUT2D eigenvalue weighted by Gasteiger charge is -2.62. The number of likely N-dealkylation sites (N-methyl/N-ethyl adjacent to an activating group) is 1. The molecule has 0 radical (unpaired) electrons. The average molecular weight is 477 g/mol. The van der Waals surface area contributed by atoms with Crippen molar-refractivity contribution in [3.63, 3.8) is 0 Å². The van der Waals surface area contributed by atoms with Gasteiger partial charge in [0, 0.05) is 36.7 Å². The van der Waals surface area contributed by atoms with E-state index in [1.54, 1.807) is 0 Å². The maximum Gasteiger partial charge on any atom is 0.306 e. The van der Waals surface area contributed by atoms with Gasteiger partial charge in [0.2, 0.25) is 0 Å². The molecule has 0 aromatic heterocycles. The Morgan fingerprint density at radius 1 is 1.18 bits per heavy atom. The number of fused-ring (bicyclic) bond motifs is 2. The lowest BCUT2D eigenvalue weighted by molar-refractivity contribution is -0.213. The van der Waals surface area contributed by atoms with Crippen LogP contribution in [0.3, 0.4) is 0 Å². The molecule has 1 spiro atoms. The summed E-state index contributed by atoms with van der Waals surface area (Å²) in [5, 5.41) is 11.3. The lowest BCUT2D eigenvalue weighted by Crippen LogP contribution is -2.72. The topological polar surface area (TPSA) is 79.3 Å². The summed E-state index contributed by atoms with van der Waals surface area (Å²) in [5.41, 5.74) is 2.22. The van der Waals surface area contributed by atoms with Crippen molar-refractivity contribution < 1.29 is 24.2 Å². The van der Waals surface area contributed by atoms with E-state index in [9.17, 15) is 14.7 Å². The Bertz CT molecular complexity index is 974. The number of carbonyl (C=O) groups is 2. The van der Waals surface area contributed by atoms with Crippen LogP contribution in [0.2, 0.25) is 0 Å². The molecular formula is C25H33ClN2O5. The number of aliphatic hydroxyl groups excluding tert-OH is 1. The van der Waals surface area contributed by atoms with Crippen LogP contribution in [0, 0.1) is 17.8 Å². The molecular weight excluding hydrogens is 444 g/mol. The van der Waals surface area contributed by atoms with Gasteiger partial charge in [-0.1, -0.05) is 25.1 Å². The number of hydrogen-bond donors (Lipinski definition) is 1. The number of para-hydroxylation sites is 1. The number of nitrogens with zero attached hydrogens (tertiary/aromatic N) is 2. The summed E-state index contributed by atoms with van der Waals surface area (Å²) < 4.78 is 11.1. The van der Waals surface area contributed by atoms with Crippen LogP contribution in [-0.2, 0) is 24.5 Å². The number of carbonyl (C=O) groups excluding carboxylic acids is 2. The first kappa shape index (κ1) is 22.9. The molecule has 4 unspecified atom stereocenters. The summed E-state index contributed by atoms with van der Waals surface area (Å²) in [6, 6.07) is 9.17. The van der Waals surface area contributed by atoms with Crippen LogP contribution in [0.1, 0.15) is 44.6 Å². The normalized spacial score (nSPS) is 43.0. The molecule has 180 valence electrons. The maximum atomic E-state index is 13.0. The van der Waals surface area contributed by atoms with Crippen LogP contribution in [0.5, 0.6) is 0 Å².